The average molecular weight is 329 g/mol. The highest BCUT2D eigenvalue weighted by Gasteiger charge is 1.95. The highest BCUT2D eigenvalue weighted by atomic mass is 14.0. The van der Waals surface area contributed by atoms with Crippen LogP contribution in [0, 0.1) is 0 Å². The fraction of sp³-hybridized carbons (Fsp3) is 0.913. The molecule has 1 aliphatic carbocycles. The van der Waals surface area contributed by atoms with Gasteiger partial charge in [0.25, 0.3) is 0 Å². The van der Waals surface area contributed by atoms with E-state index in [4.69, 9.17) is 0 Å². The lowest BCUT2D eigenvalue weighted by Crippen LogP contribution is -1.85. The quantitative estimate of drug-likeness (QED) is 0.322. The molecule has 1 aliphatic rings. The van der Waals surface area contributed by atoms with E-state index >= 15 is 0 Å². The molecule has 0 spiro atoms. The van der Waals surface area contributed by atoms with Crippen molar-refractivity contribution >= 4 is 0 Å². The first-order chi connectivity index (χ1) is 11.2. The van der Waals surface area contributed by atoms with Gasteiger partial charge in [-0.15, -0.1) is 6.58 Å². The summed E-state index contributed by atoms with van der Waals surface area (Å²) >= 11 is 0. The zero-order chi connectivity index (χ0) is 18.6. The third kappa shape index (κ3) is 73.4. The largest absolute Gasteiger partial charge is 0.103 e. The normalized spacial score (nSPS) is 10.7. The molecule has 0 unspecified atom stereocenters. The molecule has 0 nitrogen and oxygen atoms in total. The van der Waals surface area contributed by atoms with Gasteiger partial charge in [0.2, 0.25) is 0 Å². The van der Waals surface area contributed by atoms with E-state index in [0.29, 0.717) is 0 Å². The molecule has 0 aromatic carbocycles. The molecule has 0 atom stereocenters. The first-order valence-electron chi connectivity index (χ1n) is 10.8. The van der Waals surface area contributed by atoms with Crippen LogP contribution in [0.3, 0.4) is 0 Å². The van der Waals surface area contributed by atoms with Gasteiger partial charge in [0.05, 0.1) is 0 Å². The molecule has 144 valence electrons. The summed E-state index contributed by atoms with van der Waals surface area (Å²) in [5.74, 6) is 0. The topological polar surface area (TPSA) is 0 Å². The van der Waals surface area contributed by atoms with Crippen molar-refractivity contribution in [2.45, 2.75) is 138 Å². The van der Waals surface area contributed by atoms with Crippen molar-refractivity contribution in [2.24, 2.45) is 0 Å². The molecule has 0 aliphatic heterocycles. The molecule has 0 amide bonds. The lowest BCUT2D eigenvalue weighted by atomic mass is 10.0. The Balaban J connectivity index is -0.000000101. The van der Waals surface area contributed by atoms with Crippen molar-refractivity contribution in [3.8, 4) is 0 Å². The molecular weight excluding hydrogens is 276 g/mol. The van der Waals surface area contributed by atoms with Gasteiger partial charge in [-0.05, 0) is 6.42 Å². The van der Waals surface area contributed by atoms with Crippen molar-refractivity contribution in [1.29, 1.82) is 0 Å². The Morgan fingerprint density at radius 1 is 0.522 bits per heavy atom. The molecular formula is C23H52. The van der Waals surface area contributed by atoms with Gasteiger partial charge in [0.15, 0.2) is 0 Å². The van der Waals surface area contributed by atoms with E-state index in [1.807, 2.05) is 6.08 Å². The first-order valence-corrected chi connectivity index (χ1v) is 10.8. The Morgan fingerprint density at radius 2 is 0.783 bits per heavy atom. The Morgan fingerprint density at radius 3 is 0.870 bits per heavy atom. The standard InChI is InChI=1S/C7H16.C4H8.2C4H10.C4H8/c1-3-5-7-6-4-2;1-2-4-3-1;3*1-3-4-2/h3-7H2,1-2H3;1-4H2;2*3-4H2,1-2H3;3H,1,4H2,2H3. The Kier molecular flexibility index (Phi) is 57.3. The van der Waals surface area contributed by atoms with Crippen molar-refractivity contribution in [3.63, 3.8) is 0 Å². The van der Waals surface area contributed by atoms with E-state index < -0.39 is 0 Å². The second-order valence-corrected chi connectivity index (χ2v) is 6.17. The lowest BCUT2D eigenvalue weighted by Gasteiger charge is -2.05. The third-order valence-corrected chi connectivity index (χ3v) is 3.50. The minimum absolute atomic E-state index is 1.08. The van der Waals surface area contributed by atoms with Crippen LogP contribution >= 0.6 is 0 Å². The van der Waals surface area contributed by atoms with Crippen molar-refractivity contribution in [1.82, 2.24) is 0 Å². The molecule has 1 rings (SSSR count). The number of hydrogen-bond acceptors (Lipinski definition) is 0. The van der Waals surface area contributed by atoms with Crippen LogP contribution < -0.4 is 0 Å². The third-order valence-electron chi connectivity index (χ3n) is 3.50. The van der Waals surface area contributed by atoms with Gasteiger partial charge in [-0.3, -0.25) is 0 Å². The van der Waals surface area contributed by atoms with E-state index in [2.05, 4.69) is 55.0 Å². The van der Waals surface area contributed by atoms with Crippen molar-refractivity contribution in [2.75, 3.05) is 0 Å². The summed E-state index contributed by atoms with van der Waals surface area (Å²) < 4.78 is 0. The zero-order valence-electron chi connectivity index (χ0n) is 18.2. The van der Waals surface area contributed by atoms with Crippen LogP contribution in [0.15, 0.2) is 12.7 Å². The van der Waals surface area contributed by atoms with Crippen LogP contribution in [0.1, 0.15) is 138 Å². The zero-order valence-corrected chi connectivity index (χ0v) is 18.2. The fourth-order valence-electron chi connectivity index (χ4n) is 0.927. The maximum atomic E-state index is 3.48. The van der Waals surface area contributed by atoms with Gasteiger partial charge in [0.1, 0.15) is 0 Å². The molecule has 23 heavy (non-hydrogen) atoms. The molecule has 0 bridgehead atoms. The van der Waals surface area contributed by atoms with E-state index in [-0.39, 0.29) is 0 Å². The Bertz CT molecular complexity index is 117. The first kappa shape index (κ1) is 30.6. The fourth-order valence-corrected chi connectivity index (χ4v) is 0.927. The molecule has 1 fully saturated rings. The lowest BCUT2D eigenvalue weighted by molar-refractivity contribution is 0.504. The van der Waals surface area contributed by atoms with Gasteiger partial charge in [0, 0.05) is 0 Å². The predicted octanol–water partition coefficient (Wildman–Crippen LogP) is 9.73. The van der Waals surface area contributed by atoms with Gasteiger partial charge >= 0.3 is 0 Å². The predicted molar refractivity (Wildman–Crippen MR) is 115 cm³/mol. The van der Waals surface area contributed by atoms with Crippen LogP contribution in [0.25, 0.3) is 0 Å². The van der Waals surface area contributed by atoms with Crippen LogP contribution in [-0.2, 0) is 0 Å². The van der Waals surface area contributed by atoms with Gasteiger partial charge in [-0.25, -0.2) is 0 Å². The van der Waals surface area contributed by atoms with E-state index in [9.17, 15) is 0 Å². The second-order valence-electron chi connectivity index (χ2n) is 6.17. The molecule has 0 heteroatoms. The summed E-state index contributed by atoms with van der Waals surface area (Å²) in [7, 11) is 0. The monoisotopic (exact) mass is 328 g/mol. The number of rotatable bonds is 7. The average Bonchev–Trinajstić information content (AvgIpc) is 2.54. The summed E-state index contributed by atoms with van der Waals surface area (Å²) in [6.07, 6.45) is 21.2. The second kappa shape index (κ2) is 43.0. The van der Waals surface area contributed by atoms with Crippen LogP contribution in [0.4, 0.5) is 0 Å². The minimum atomic E-state index is 1.08. The summed E-state index contributed by atoms with van der Waals surface area (Å²) in [6.45, 7) is 18.8. The van der Waals surface area contributed by atoms with Gasteiger partial charge in [-0.2, -0.15) is 0 Å². The van der Waals surface area contributed by atoms with E-state index in [1.54, 1.807) is 0 Å². The minimum Gasteiger partial charge on any atom is -0.103 e. The molecule has 1 saturated carbocycles. The van der Waals surface area contributed by atoms with E-state index in [1.165, 1.54) is 83.5 Å². The van der Waals surface area contributed by atoms with Crippen LogP contribution in [0.5, 0.6) is 0 Å². The molecule has 0 heterocycles. The maximum Gasteiger partial charge on any atom is -0.0382 e. The SMILES string of the molecule is C1CCC1.C=CCC.CCCC.CCCC.CCCCCCC. The van der Waals surface area contributed by atoms with E-state index in [0.717, 1.165) is 6.42 Å². The molecule has 0 saturated heterocycles. The van der Waals surface area contributed by atoms with Crippen LogP contribution in [0.2, 0.25) is 0 Å². The summed E-state index contributed by atoms with van der Waals surface area (Å²) in [4.78, 5) is 0. The van der Waals surface area contributed by atoms with Gasteiger partial charge < -0.3 is 0 Å². The molecule has 0 aromatic rings. The Hall–Kier alpha value is -0.260. The number of allylic oxidation sites excluding steroid dienone is 1. The van der Waals surface area contributed by atoms with Crippen LogP contribution in [-0.4, -0.2) is 0 Å². The smallest absolute Gasteiger partial charge is 0.0382 e. The Labute approximate surface area is 151 Å². The highest BCUT2D eigenvalue weighted by molar-refractivity contribution is 4.60. The number of hydrogen-bond donors (Lipinski definition) is 0. The summed E-state index contributed by atoms with van der Waals surface area (Å²) in [5.41, 5.74) is 0. The summed E-state index contributed by atoms with van der Waals surface area (Å²) in [5, 5.41) is 0. The van der Waals surface area contributed by atoms with Crippen molar-refractivity contribution in [3.05, 3.63) is 12.7 Å². The molecule has 0 radical (unpaired) electrons. The van der Waals surface area contributed by atoms with Crippen molar-refractivity contribution < 1.29 is 0 Å². The molecule has 0 aromatic heterocycles. The van der Waals surface area contributed by atoms with Gasteiger partial charge in [-0.1, -0.05) is 138 Å². The molecule has 0 N–H and O–H groups in total. The summed E-state index contributed by atoms with van der Waals surface area (Å²) in [6, 6.07) is 0. The highest BCUT2D eigenvalue weighted by Crippen LogP contribution is 2.15. The maximum absolute atomic E-state index is 3.48. The number of unbranched alkanes of at least 4 members (excludes halogenated alkanes) is 6.